The summed E-state index contributed by atoms with van der Waals surface area (Å²) >= 11 is 1.38. The molecule has 1 aliphatic carbocycles. The van der Waals surface area contributed by atoms with Gasteiger partial charge < -0.3 is 14.8 Å². The molecule has 0 radical (unpaired) electrons. The van der Waals surface area contributed by atoms with Crippen molar-refractivity contribution in [2.45, 2.75) is 39.2 Å². The summed E-state index contributed by atoms with van der Waals surface area (Å²) in [7, 11) is 1.32. The Morgan fingerprint density at radius 1 is 1.19 bits per heavy atom. The molecule has 1 aromatic carbocycles. The number of ether oxygens (including phenoxy) is 2. The number of para-hydroxylation sites is 1. The van der Waals surface area contributed by atoms with Crippen LogP contribution in [0, 0.1) is 5.92 Å². The van der Waals surface area contributed by atoms with Gasteiger partial charge in [-0.3, -0.25) is 14.8 Å². The van der Waals surface area contributed by atoms with Crippen LogP contribution in [0.5, 0.6) is 0 Å². The van der Waals surface area contributed by atoms with Gasteiger partial charge in [-0.15, -0.1) is 11.3 Å². The molecule has 8 nitrogen and oxygen atoms in total. The fourth-order valence-corrected chi connectivity index (χ4v) is 5.21. The number of aromatic nitrogens is 2. The van der Waals surface area contributed by atoms with Crippen LogP contribution >= 0.6 is 11.3 Å². The first-order chi connectivity index (χ1) is 15.4. The zero-order valence-electron chi connectivity index (χ0n) is 18.0. The maximum Gasteiger partial charge on any atom is 0.341 e. The zero-order chi connectivity index (χ0) is 22.8. The SMILES string of the molecule is COC(=O)c1c(NC(=O)C(C)OC(=O)c2cccc3nccnc23)sc2c1CCC(C)C2. The van der Waals surface area contributed by atoms with Crippen molar-refractivity contribution < 1.29 is 23.9 Å². The number of carbonyl (C=O) groups is 3. The highest BCUT2D eigenvalue weighted by Crippen LogP contribution is 2.40. The third kappa shape index (κ3) is 4.20. The van der Waals surface area contributed by atoms with Gasteiger partial charge in [0, 0.05) is 17.3 Å². The van der Waals surface area contributed by atoms with E-state index in [1.807, 2.05) is 0 Å². The molecule has 2 unspecified atom stereocenters. The van der Waals surface area contributed by atoms with Crippen molar-refractivity contribution in [2.24, 2.45) is 5.92 Å². The van der Waals surface area contributed by atoms with Crippen LogP contribution < -0.4 is 5.32 Å². The van der Waals surface area contributed by atoms with Crippen LogP contribution in [-0.2, 0) is 27.1 Å². The largest absolute Gasteiger partial charge is 0.465 e. The molecule has 0 saturated carbocycles. The lowest BCUT2D eigenvalue weighted by Crippen LogP contribution is -2.30. The zero-order valence-corrected chi connectivity index (χ0v) is 18.8. The number of hydrogen-bond acceptors (Lipinski definition) is 8. The van der Waals surface area contributed by atoms with E-state index in [0.717, 1.165) is 29.7 Å². The summed E-state index contributed by atoms with van der Waals surface area (Å²) in [4.78, 5) is 47.4. The minimum absolute atomic E-state index is 0.228. The van der Waals surface area contributed by atoms with Crippen molar-refractivity contribution in [1.82, 2.24) is 9.97 Å². The van der Waals surface area contributed by atoms with E-state index in [1.165, 1.54) is 37.8 Å². The number of nitrogens with one attached hydrogen (secondary N) is 1. The highest BCUT2D eigenvalue weighted by molar-refractivity contribution is 7.17. The molecular formula is C23H23N3O5S. The van der Waals surface area contributed by atoms with Gasteiger partial charge in [0.1, 0.15) is 10.5 Å². The van der Waals surface area contributed by atoms with Gasteiger partial charge in [-0.1, -0.05) is 13.0 Å². The maximum absolute atomic E-state index is 12.8. The topological polar surface area (TPSA) is 107 Å². The van der Waals surface area contributed by atoms with Crippen molar-refractivity contribution in [3.63, 3.8) is 0 Å². The monoisotopic (exact) mass is 453 g/mol. The summed E-state index contributed by atoms with van der Waals surface area (Å²) < 4.78 is 10.3. The predicted octanol–water partition coefficient (Wildman–Crippen LogP) is 3.79. The Balaban J connectivity index is 1.53. The standard InChI is InChI=1S/C23H23N3O5S/c1-12-7-8-14-17(11-12)32-21(18(14)23(29)30-3)26-20(27)13(2)31-22(28)15-5-4-6-16-19(15)25-10-9-24-16/h4-6,9-10,12-13H,7-8,11H2,1-3H3,(H,26,27). The lowest BCUT2D eigenvalue weighted by Gasteiger charge is -2.18. The van der Waals surface area contributed by atoms with Crippen molar-refractivity contribution >= 4 is 45.2 Å². The molecule has 1 amide bonds. The lowest BCUT2D eigenvalue weighted by atomic mass is 9.88. The van der Waals surface area contributed by atoms with E-state index in [-0.39, 0.29) is 5.56 Å². The highest BCUT2D eigenvalue weighted by atomic mass is 32.1. The molecule has 1 N–H and O–H groups in total. The molecule has 166 valence electrons. The van der Waals surface area contributed by atoms with E-state index in [9.17, 15) is 14.4 Å². The summed E-state index contributed by atoms with van der Waals surface area (Å²) in [5.41, 5.74) is 2.52. The average molecular weight is 454 g/mol. The molecule has 32 heavy (non-hydrogen) atoms. The highest BCUT2D eigenvalue weighted by Gasteiger charge is 2.30. The average Bonchev–Trinajstić information content (AvgIpc) is 3.14. The first kappa shape index (κ1) is 21.9. The van der Waals surface area contributed by atoms with Crippen LogP contribution in [0.15, 0.2) is 30.6 Å². The molecule has 0 saturated heterocycles. The summed E-state index contributed by atoms with van der Waals surface area (Å²) in [5, 5.41) is 3.20. The van der Waals surface area contributed by atoms with Gasteiger partial charge in [-0.2, -0.15) is 0 Å². The van der Waals surface area contributed by atoms with Gasteiger partial charge in [0.2, 0.25) is 0 Å². The van der Waals surface area contributed by atoms with E-state index < -0.39 is 23.9 Å². The van der Waals surface area contributed by atoms with E-state index >= 15 is 0 Å². The molecule has 1 aliphatic rings. The number of methoxy groups -OCH3 is 1. The molecular weight excluding hydrogens is 430 g/mol. The summed E-state index contributed by atoms with van der Waals surface area (Å²) in [6.07, 6.45) is 4.53. The van der Waals surface area contributed by atoms with Gasteiger partial charge in [0.15, 0.2) is 6.10 Å². The Morgan fingerprint density at radius 3 is 2.75 bits per heavy atom. The first-order valence-corrected chi connectivity index (χ1v) is 11.1. The normalized spacial score (nSPS) is 16.2. The van der Waals surface area contributed by atoms with Gasteiger partial charge in [-0.05, 0) is 49.8 Å². The fraction of sp³-hybridized carbons (Fsp3) is 0.348. The second-order valence-corrected chi connectivity index (χ2v) is 8.92. The van der Waals surface area contributed by atoms with E-state index in [0.29, 0.717) is 27.5 Å². The quantitative estimate of drug-likeness (QED) is 0.586. The fourth-order valence-electron chi connectivity index (χ4n) is 3.81. The van der Waals surface area contributed by atoms with Crippen molar-refractivity contribution in [3.05, 3.63) is 52.2 Å². The van der Waals surface area contributed by atoms with Crippen molar-refractivity contribution in [1.29, 1.82) is 0 Å². The Labute approximate surface area is 189 Å². The Bertz CT molecular complexity index is 1200. The van der Waals surface area contributed by atoms with Gasteiger partial charge >= 0.3 is 11.9 Å². The second-order valence-electron chi connectivity index (χ2n) is 7.81. The number of thiophene rings is 1. The molecule has 2 atom stereocenters. The van der Waals surface area contributed by atoms with E-state index in [4.69, 9.17) is 9.47 Å². The second kappa shape index (κ2) is 9.04. The molecule has 0 aliphatic heterocycles. The first-order valence-electron chi connectivity index (χ1n) is 10.3. The van der Waals surface area contributed by atoms with Crippen LogP contribution in [0.3, 0.4) is 0 Å². The maximum atomic E-state index is 12.8. The molecule has 2 heterocycles. The number of rotatable bonds is 5. The number of nitrogens with zero attached hydrogens (tertiary/aromatic N) is 2. The van der Waals surface area contributed by atoms with Crippen molar-refractivity contribution in [3.8, 4) is 0 Å². The number of anilines is 1. The molecule has 9 heteroatoms. The summed E-state index contributed by atoms with van der Waals surface area (Å²) in [6, 6.07) is 5.00. The van der Waals surface area contributed by atoms with Gasteiger partial charge in [0.25, 0.3) is 5.91 Å². The molecule has 0 bridgehead atoms. The minimum Gasteiger partial charge on any atom is -0.465 e. The summed E-state index contributed by atoms with van der Waals surface area (Å²) in [6.45, 7) is 3.65. The lowest BCUT2D eigenvalue weighted by molar-refractivity contribution is -0.123. The Hall–Kier alpha value is -3.33. The predicted molar refractivity (Wildman–Crippen MR) is 120 cm³/mol. The molecule has 0 fully saturated rings. The van der Waals surface area contributed by atoms with Crippen LogP contribution in [0.2, 0.25) is 0 Å². The van der Waals surface area contributed by atoms with Crippen LogP contribution in [0.4, 0.5) is 5.00 Å². The number of carbonyl (C=O) groups excluding carboxylic acids is 3. The van der Waals surface area contributed by atoms with E-state index in [1.54, 1.807) is 18.2 Å². The Morgan fingerprint density at radius 2 is 1.97 bits per heavy atom. The minimum atomic E-state index is -1.09. The smallest absolute Gasteiger partial charge is 0.341 e. The molecule has 0 spiro atoms. The molecule has 2 aromatic heterocycles. The van der Waals surface area contributed by atoms with Crippen LogP contribution in [-0.4, -0.2) is 41.0 Å². The van der Waals surface area contributed by atoms with Crippen LogP contribution in [0.1, 0.15) is 51.4 Å². The number of hydrogen-bond donors (Lipinski definition) is 1. The third-order valence-corrected chi connectivity index (χ3v) is 6.68. The van der Waals surface area contributed by atoms with E-state index in [2.05, 4.69) is 22.2 Å². The molecule has 3 aromatic rings. The number of amides is 1. The Kier molecular flexibility index (Phi) is 6.18. The third-order valence-electron chi connectivity index (χ3n) is 5.51. The number of esters is 2. The van der Waals surface area contributed by atoms with Gasteiger partial charge in [0.05, 0.1) is 23.8 Å². The van der Waals surface area contributed by atoms with Crippen molar-refractivity contribution in [2.75, 3.05) is 12.4 Å². The number of fused-ring (bicyclic) bond motifs is 2. The van der Waals surface area contributed by atoms with Crippen LogP contribution in [0.25, 0.3) is 11.0 Å². The number of benzene rings is 1. The van der Waals surface area contributed by atoms with Gasteiger partial charge in [-0.25, -0.2) is 9.59 Å². The summed E-state index contributed by atoms with van der Waals surface area (Å²) in [5.74, 6) is -1.17. The molecule has 4 rings (SSSR count).